The maximum Gasteiger partial charge on any atom is 0.221 e. The summed E-state index contributed by atoms with van der Waals surface area (Å²) in [6.45, 7) is 2.21. The summed E-state index contributed by atoms with van der Waals surface area (Å²) in [7, 11) is 8.01. The zero-order chi connectivity index (χ0) is 15.0. The van der Waals surface area contributed by atoms with E-state index in [1.807, 2.05) is 45.2 Å². The number of anilines is 2. The molecule has 5 heteroatoms. The first kappa shape index (κ1) is 16.3. The van der Waals surface area contributed by atoms with Crippen molar-refractivity contribution in [2.45, 2.75) is 6.42 Å². The molecule has 1 aromatic rings. The van der Waals surface area contributed by atoms with E-state index in [2.05, 4.69) is 27.7 Å². The maximum atomic E-state index is 11.6. The molecule has 0 atom stereocenters. The number of hydrogen-bond acceptors (Lipinski definition) is 4. The first-order chi connectivity index (χ1) is 9.49. The van der Waals surface area contributed by atoms with E-state index in [9.17, 15) is 4.79 Å². The number of carbonyl (C=O) groups excluding carboxylic acids is 1. The molecule has 0 aromatic heterocycles. The molecule has 0 heterocycles. The van der Waals surface area contributed by atoms with Crippen LogP contribution in [-0.4, -0.2) is 58.6 Å². The average molecular weight is 278 g/mol. The van der Waals surface area contributed by atoms with Crippen molar-refractivity contribution in [3.8, 4) is 0 Å². The molecule has 0 saturated carbocycles. The van der Waals surface area contributed by atoms with Gasteiger partial charge in [-0.3, -0.25) is 4.79 Å². The third-order valence-corrected chi connectivity index (χ3v) is 2.95. The van der Waals surface area contributed by atoms with Crippen LogP contribution in [0.15, 0.2) is 24.3 Å². The van der Waals surface area contributed by atoms with Crippen molar-refractivity contribution in [1.82, 2.24) is 10.2 Å². The highest BCUT2D eigenvalue weighted by atomic mass is 16.1. The van der Waals surface area contributed by atoms with Crippen molar-refractivity contribution < 1.29 is 4.79 Å². The highest BCUT2D eigenvalue weighted by Gasteiger charge is 2.01. The second kappa shape index (κ2) is 8.43. The third kappa shape index (κ3) is 6.43. The van der Waals surface area contributed by atoms with Crippen LogP contribution in [0.3, 0.4) is 0 Å². The standard InChI is InChI=1S/C15H26N4O/c1-18(2)12-11-17-15(20)9-10-16-13-5-7-14(8-6-13)19(3)4/h5-8,16H,9-12H2,1-4H3,(H,17,20). The normalized spacial score (nSPS) is 10.4. The average Bonchev–Trinajstić information content (AvgIpc) is 2.39. The Labute approximate surface area is 121 Å². The van der Waals surface area contributed by atoms with E-state index in [0.29, 0.717) is 19.5 Å². The summed E-state index contributed by atoms with van der Waals surface area (Å²) in [6.07, 6.45) is 0.489. The number of carbonyl (C=O) groups is 1. The fraction of sp³-hybridized carbons (Fsp3) is 0.533. The van der Waals surface area contributed by atoms with E-state index in [1.165, 1.54) is 0 Å². The molecule has 0 aliphatic carbocycles. The van der Waals surface area contributed by atoms with Gasteiger partial charge in [-0.05, 0) is 38.4 Å². The predicted molar refractivity (Wildman–Crippen MR) is 85.4 cm³/mol. The molecule has 112 valence electrons. The van der Waals surface area contributed by atoms with Crippen LogP contribution in [0.2, 0.25) is 0 Å². The molecule has 0 saturated heterocycles. The van der Waals surface area contributed by atoms with Crippen LogP contribution in [0, 0.1) is 0 Å². The van der Waals surface area contributed by atoms with Gasteiger partial charge in [-0.15, -0.1) is 0 Å². The van der Waals surface area contributed by atoms with Crippen LogP contribution in [-0.2, 0) is 4.79 Å². The Hall–Kier alpha value is -1.75. The van der Waals surface area contributed by atoms with Gasteiger partial charge in [-0.2, -0.15) is 0 Å². The molecular formula is C15H26N4O. The zero-order valence-corrected chi connectivity index (χ0v) is 12.9. The fourth-order valence-electron chi connectivity index (χ4n) is 1.71. The van der Waals surface area contributed by atoms with Gasteiger partial charge < -0.3 is 20.4 Å². The number of benzene rings is 1. The van der Waals surface area contributed by atoms with Crippen molar-refractivity contribution >= 4 is 17.3 Å². The lowest BCUT2D eigenvalue weighted by atomic mass is 10.2. The number of amides is 1. The lowest BCUT2D eigenvalue weighted by molar-refractivity contribution is -0.120. The summed E-state index contributed by atoms with van der Waals surface area (Å²) in [4.78, 5) is 15.7. The van der Waals surface area contributed by atoms with E-state index >= 15 is 0 Å². The molecule has 20 heavy (non-hydrogen) atoms. The van der Waals surface area contributed by atoms with Gasteiger partial charge in [0.05, 0.1) is 0 Å². The topological polar surface area (TPSA) is 47.6 Å². The molecule has 2 N–H and O–H groups in total. The molecule has 5 nitrogen and oxygen atoms in total. The highest BCUT2D eigenvalue weighted by Crippen LogP contribution is 2.15. The van der Waals surface area contributed by atoms with Crippen molar-refractivity contribution in [2.75, 3.05) is 58.0 Å². The molecule has 0 fully saturated rings. The Morgan fingerprint density at radius 3 is 2.25 bits per heavy atom. The van der Waals surface area contributed by atoms with Gasteiger partial charge in [0.25, 0.3) is 0 Å². The number of nitrogens with zero attached hydrogens (tertiary/aromatic N) is 2. The smallest absolute Gasteiger partial charge is 0.221 e. The number of likely N-dealkylation sites (N-methyl/N-ethyl adjacent to an activating group) is 1. The number of rotatable bonds is 8. The Morgan fingerprint density at radius 1 is 1.05 bits per heavy atom. The summed E-state index contributed by atoms with van der Waals surface area (Å²) >= 11 is 0. The van der Waals surface area contributed by atoms with Gasteiger partial charge >= 0.3 is 0 Å². The van der Waals surface area contributed by atoms with E-state index in [1.54, 1.807) is 0 Å². The summed E-state index contributed by atoms with van der Waals surface area (Å²) in [5.41, 5.74) is 2.20. The van der Waals surface area contributed by atoms with Crippen molar-refractivity contribution in [3.63, 3.8) is 0 Å². The minimum absolute atomic E-state index is 0.0873. The molecule has 0 aliphatic heterocycles. The van der Waals surface area contributed by atoms with Gasteiger partial charge in [-0.25, -0.2) is 0 Å². The molecule has 1 amide bonds. The van der Waals surface area contributed by atoms with Crippen LogP contribution in [0.5, 0.6) is 0 Å². The van der Waals surface area contributed by atoms with Crippen molar-refractivity contribution in [1.29, 1.82) is 0 Å². The number of nitrogens with one attached hydrogen (secondary N) is 2. The van der Waals surface area contributed by atoms with Crippen LogP contribution in [0.4, 0.5) is 11.4 Å². The molecule has 1 aromatic carbocycles. The second-order valence-electron chi connectivity index (χ2n) is 5.27. The van der Waals surface area contributed by atoms with E-state index in [0.717, 1.165) is 17.9 Å². The zero-order valence-electron chi connectivity index (χ0n) is 12.9. The van der Waals surface area contributed by atoms with Crippen molar-refractivity contribution in [2.24, 2.45) is 0 Å². The molecule has 0 bridgehead atoms. The van der Waals surface area contributed by atoms with E-state index in [-0.39, 0.29) is 5.91 Å². The maximum absolute atomic E-state index is 11.6. The van der Waals surface area contributed by atoms with Gasteiger partial charge in [0.2, 0.25) is 5.91 Å². The minimum atomic E-state index is 0.0873. The van der Waals surface area contributed by atoms with Crippen molar-refractivity contribution in [3.05, 3.63) is 24.3 Å². The largest absolute Gasteiger partial charge is 0.385 e. The minimum Gasteiger partial charge on any atom is -0.385 e. The second-order valence-corrected chi connectivity index (χ2v) is 5.27. The SMILES string of the molecule is CN(C)CCNC(=O)CCNc1ccc(N(C)C)cc1. The van der Waals surface area contributed by atoms with Crippen LogP contribution in [0.25, 0.3) is 0 Å². The van der Waals surface area contributed by atoms with Crippen LogP contribution >= 0.6 is 0 Å². The lowest BCUT2D eigenvalue weighted by Crippen LogP contribution is -2.32. The third-order valence-electron chi connectivity index (χ3n) is 2.95. The van der Waals surface area contributed by atoms with Gasteiger partial charge in [-0.1, -0.05) is 0 Å². The predicted octanol–water partition coefficient (Wildman–Crippen LogP) is 1.23. The lowest BCUT2D eigenvalue weighted by Gasteiger charge is -2.13. The summed E-state index contributed by atoms with van der Waals surface area (Å²) < 4.78 is 0. The summed E-state index contributed by atoms with van der Waals surface area (Å²) in [5.74, 6) is 0.0873. The van der Waals surface area contributed by atoms with Gasteiger partial charge in [0, 0.05) is 51.5 Å². The Kier molecular flexibility index (Phi) is 6.87. The molecule has 0 radical (unpaired) electrons. The van der Waals surface area contributed by atoms with E-state index < -0.39 is 0 Å². The Balaban J connectivity index is 2.21. The molecular weight excluding hydrogens is 252 g/mol. The van der Waals surface area contributed by atoms with E-state index in [4.69, 9.17) is 0 Å². The molecule has 0 spiro atoms. The monoisotopic (exact) mass is 278 g/mol. The summed E-state index contributed by atoms with van der Waals surface area (Å²) in [5, 5.41) is 6.15. The van der Waals surface area contributed by atoms with Crippen LogP contribution in [0.1, 0.15) is 6.42 Å². The van der Waals surface area contributed by atoms with Crippen LogP contribution < -0.4 is 15.5 Å². The fourth-order valence-corrected chi connectivity index (χ4v) is 1.71. The summed E-state index contributed by atoms with van der Waals surface area (Å²) in [6, 6.07) is 8.16. The van der Waals surface area contributed by atoms with Gasteiger partial charge in [0.1, 0.15) is 0 Å². The Bertz CT molecular complexity index is 401. The quantitative estimate of drug-likeness (QED) is 0.751. The highest BCUT2D eigenvalue weighted by molar-refractivity contribution is 5.76. The Morgan fingerprint density at radius 2 is 1.70 bits per heavy atom. The number of hydrogen-bond donors (Lipinski definition) is 2. The molecule has 0 unspecified atom stereocenters. The molecule has 0 aliphatic rings. The molecule has 1 rings (SSSR count). The first-order valence-corrected chi connectivity index (χ1v) is 6.91. The first-order valence-electron chi connectivity index (χ1n) is 6.91. The van der Waals surface area contributed by atoms with Gasteiger partial charge in [0.15, 0.2) is 0 Å².